The Labute approximate surface area is 141 Å². The topological polar surface area (TPSA) is 61.4 Å². The number of anilines is 2. The Morgan fingerprint density at radius 1 is 1.08 bits per heavy atom. The van der Waals surface area contributed by atoms with Crippen LogP contribution in [0.3, 0.4) is 0 Å². The molecule has 2 N–H and O–H groups in total. The minimum atomic E-state index is -0.284. The summed E-state index contributed by atoms with van der Waals surface area (Å²) in [5.74, 6) is 0.0278. The van der Waals surface area contributed by atoms with E-state index in [0.717, 1.165) is 22.5 Å². The maximum atomic E-state index is 12.2. The number of nitrogens with one attached hydrogen (secondary N) is 2. The molecular formula is C19H21N3O2. The molecule has 1 atom stereocenters. The Kier molecular flexibility index (Phi) is 4.51. The first-order chi connectivity index (χ1) is 11.5. The molecule has 3 rings (SSSR count). The fraction of sp³-hybridized carbons (Fsp3) is 0.263. The number of carbonyl (C=O) groups is 2. The van der Waals surface area contributed by atoms with E-state index in [2.05, 4.69) is 10.6 Å². The summed E-state index contributed by atoms with van der Waals surface area (Å²) in [7, 11) is 0. The zero-order chi connectivity index (χ0) is 17.1. The van der Waals surface area contributed by atoms with E-state index in [4.69, 9.17) is 0 Å². The Balaban J connectivity index is 1.61. The van der Waals surface area contributed by atoms with Crippen LogP contribution in [0.15, 0.2) is 48.5 Å². The molecule has 1 aliphatic rings. The molecule has 0 unspecified atom stereocenters. The Hall–Kier alpha value is -2.82. The van der Waals surface area contributed by atoms with E-state index < -0.39 is 0 Å². The minimum absolute atomic E-state index is 0.0278. The van der Waals surface area contributed by atoms with Crippen molar-refractivity contribution < 1.29 is 9.59 Å². The zero-order valence-electron chi connectivity index (χ0n) is 13.9. The maximum absolute atomic E-state index is 12.2. The van der Waals surface area contributed by atoms with Crippen molar-refractivity contribution in [2.75, 3.05) is 16.8 Å². The van der Waals surface area contributed by atoms with Gasteiger partial charge in [-0.15, -0.1) is 0 Å². The molecule has 5 nitrogen and oxygen atoms in total. The third kappa shape index (κ3) is 3.56. The van der Waals surface area contributed by atoms with Crippen molar-refractivity contribution in [2.24, 2.45) is 0 Å². The second-order valence-electron chi connectivity index (χ2n) is 6.15. The van der Waals surface area contributed by atoms with Crippen LogP contribution >= 0.6 is 0 Å². The van der Waals surface area contributed by atoms with Crippen LogP contribution in [0.5, 0.6) is 0 Å². The van der Waals surface area contributed by atoms with Crippen LogP contribution < -0.4 is 15.5 Å². The first kappa shape index (κ1) is 16.1. The van der Waals surface area contributed by atoms with Crippen molar-refractivity contribution in [2.45, 2.75) is 26.3 Å². The molecule has 5 heteroatoms. The quantitative estimate of drug-likeness (QED) is 0.911. The van der Waals surface area contributed by atoms with Crippen molar-refractivity contribution in [3.05, 3.63) is 59.7 Å². The Bertz CT molecular complexity index is 755. The summed E-state index contributed by atoms with van der Waals surface area (Å²) in [6, 6.07) is 14.9. The molecule has 1 fully saturated rings. The van der Waals surface area contributed by atoms with Gasteiger partial charge in [-0.2, -0.15) is 0 Å². The first-order valence-electron chi connectivity index (χ1n) is 8.03. The molecule has 2 aromatic rings. The van der Waals surface area contributed by atoms with Crippen molar-refractivity contribution in [1.82, 2.24) is 5.32 Å². The van der Waals surface area contributed by atoms with Crippen molar-refractivity contribution >= 4 is 23.3 Å². The summed E-state index contributed by atoms with van der Waals surface area (Å²) >= 11 is 0. The van der Waals surface area contributed by atoms with Crippen LogP contribution in [0.25, 0.3) is 0 Å². The summed E-state index contributed by atoms with van der Waals surface area (Å²) in [4.78, 5) is 26.1. The van der Waals surface area contributed by atoms with Crippen LogP contribution in [-0.2, 0) is 4.79 Å². The summed E-state index contributed by atoms with van der Waals surface area (Å²) in [5.41, 5.74) is 3.79. The molecule has 3 amide bonds. The van der Waals surface area contributed by atoms with Crippen molar-refractivity contribution in [3.63, 3.8) is 0 Å². The Morgan fingerprint density at radius 2 is 1.79 bits per heavy atom. The average molecular weight is 323 g/mol. The summed E-state index contributed by atoms with van der Waals surface area (Å²) < 4.78 is 0. The zero-order valence-corrected chi connectivity index (χ0v) is 13.9. The predicted molar refractivity (Wildman–Crippen MR) is 95.3 cm³/mol. The van der Waals surface area contributed by atoms with Gasteiger partial charge in [0.25, 0.3) is 0 Å². The molecular weight excluding hydrogens is 302 g/mol. The molecule has 0 aliphatic carbocycles. The van der Waals surface area contributed by atoms with Crippen LogP contribution in [-0.4, -0.2) is 24.5 Å². The second-order valence-corrected chi connectivity index (χ2v) is 6.15. The molecule has 1 heterocycles. The molecule has 0 bridgehead atoms. The van der Waals surface area contributed by atoms with E-state index in [1.165, 1.54) is 0 Å². The van der Waals surface area contributed by atoms with Gasteiger partial charge >= 0.3 is 6.03 Å². The highest BCUT2D eigenvalue weighted by atomic mass is 16.2. The van der Waals surface area contributed by atoms with Crippen LogP contribution in [0.2, 0.25) is 0 Å². The van der Waals surface area contributed by atoms with Crippen LogP contribution in [0, 0.1) is 13.8 Å². The van der Waals surface area contributed by atoms with E-state index in [-0.39, 0.29) is 18.0 Å². The fourth-order valence-corrected chi connectivity index (χ4v) is 2.84. The van der Waals surface area contributed by atoms with Gasteiger partial charge in [0.05, 0.1) is 6.04 Å². The smallest absolute Gasteiger partial charge is 0.319 e. The number of para-hydroxylation sites is 1. The number of urea groups is 1. The second kappa shape index (κ2) is 6.74. The third-order valence-corrected chi connectivity index (χ3v) is 4.20. The van der Waals surface area contributed by atoms with Gasteiger partial charge < -0.3 is 15.5 Å². The van der Waals surface area contributed by atoms with E-state index in [1.54, 1.807) is 4.90 Å². The number of carbonyl (C=O) groups excluding carboxylic acids is 2. The average Bonchev–Trinajstić information content (AvgIpc) is 2.90. The molecule has 0 spiro atoms. The molecule has 1 aliphatic heterocycles. The maximum Gasteiger partial charge on any atom is 0.319 e. The number of aryl methyl sites for hydroxylation is 2. The van der Waals surface area contributed by atoms with Gasteiger partial charge in [-0.25, -0.2) is 4.79 Å². The van der Waals surface area contributed by atoms with Gasteiger partial charge in [-0.1, -0.05) is 35.9 Å². The van der Waals surface area contributed by atoms with Gasteiger partial charge in [0.1, 0.15) is 0 Å². The van der Waals surface area contributed by atoms with Gasteiger partial charge in [0.2, 0.25) is 5.91 Å². The molecule has 124 valence electrons. The van der Waals surface area contributed by atoms with Crippen molar-refractivity contribution in [1.29, 1.82) is 0 Å². The molecule has 24 heavy (non-hydrogen) atoms. The van der Waals surface area contributed by atoms with E-state index in [0.29, 0.717) is 13.0 Å². The standard InChI is InChI=1S/C19H21N3O2/c1-13-7-9-16(10-8-13)22-12-15(11-18(22)23)20-19(24)21-17-6-4-3-5-14(17)2/h3-10,15H,11-12H2,1-2H3,(H2,20,21,24)/t15-/m1/s1. The lowest BCUT2D eigenvalue weighted by molar-refractivity contribution is -0.117. The lowest BCUT2D eigenvalue weighted by Gasteiger charge is -2.18. The monoisotopic (exact) mass is 323 g/mol. The number of rotatable bonds is 3. The molecule has 0 saturated carbocycles. The van der Waals surface area contributed by atoms with Gasteiger partial charge in [-0.3, -0.25) is 4.79 Å². The van der Waals surface area contributed by atoms with E-state index in [1.807, 2.05) is 62.4 Å². The fourth-order valence-electron chi connectivity index (χ4n) is 2.84. The number of benzene rings is 2. The van der Waals surface area contributed by atoms with Gasteiger partial charge in [-0.05, 0) is 37.6 Å². The molecule has 2 aromatic carbocycles. The Morgan fingerprint density at radius 3 is 2.50 bits per heavy atom. The summed E-state index contributed by atoms with van der Waals surface area (Å²) in [6.45, 7) is 4.44. The lowest BCUT2D eigenvalue weighted by atomic mass is 10.2. The highest BCUT2D eigenvalue weighted by Gasteiger charge is 2.31. The van der Waals surface area contributed by atoms with Crippen LogP contribution in [0.4, 0.5) is 16.2 Å². The lowest BCUT2D eigenvalue weighted by Crippen LogP contribution is -2.39. The molecule has 0 aromatic heterocycles. The molecule has 1 saturated heterocycles. The largest absolute Gasteiger partial charge is 0.333 e. The molecule has 0 radical (unpaired) electrons. The number of hydrogen-bond acceptors (Lipinski definition) is 2. The summed E-state index contributed by atoms with van der Waals surface area (Å²) in [5, 5.41) is 5.72. The number of hydrogen-bond donors (Lipinski definition) is 2. The van der Waals surface area contributed by atoms with E-state index >= 15 is 0 Å². The number of amides is 3. The van der Waals surface area contributed by atoms with Gasteiger partial charge in [0, 0.05) is 24.3 Å². The summed E-state index contributed by atoms with van der Waals surface area (Å²) in [6.07, 6.45) is 0.315. The number of nitrogens with zero attached hydrogens (tertiary/aromatic N) is 1. The first-order valence-corrected chi connectivity index (χ1v) is 8.03. The highest BCUT2D eigenvalue weighted by Crippen LogP contribution is 2.22. The minimum Gasteiger partial charge on any atom is -0.333 e. The third-order valence-electron chi connectivity index (χ3n) is 4.20. The van der Waals surface area contributed by atoms with E-state index in [9.17, 15) is 9.59 Å². The van der Waals surface area contributed by atoms with Crippen molar-refractivity contribution in [3.8, 4) is 0 Å². The normalized spacial score (nSPS) is 17.0. The SMILES string of the molecule is Cc1ccc(N2C[C@H](NC(=O)Nc3ccccc3C)CC2=O)cc1. The predicted octanol–water partition coefficient (Wildman–Crippen LogP) is 3.23. The van der Waals surface area contributed by atoms with Gasteiger partial charge in [0.15, 0.2) is 0 Å². The highest BCUT2D eigenvalue weighted by molar-refractivity contribution is 5.97. The van der Waals surface area contributed by atoms with Crippen LogP contribution in [0.1, 0.15) is 17.5 Å².